The lowest BCUT2D eigenvalue weighted by Crippen LogP contribution is -2.46. The van der Waals surface area contributed by atoms with Crippen molar-refractivity contribution < 1.29 is 14.3 Å². The summed E-state index contributed by atoms with van der Waals surface area (Å²) >= 11 is 0. The maximum atomic E-state index is 12.4. The summed E-state index contributed by atoms with van der Waals surface area (Å²) in [5, 5.41) is 6.05. The molecule has 0 bridgehead atoms. The van der Waals surface area contributed by atoms with Gasteiger partial charge < -0.3 is 15.4 Å². The number of methoxy groups -OCH3 is 1. The molecule has 154 valence electrons. The van der Waals surface area contributed by atoms with Gasteiger partial charge in [0.25, 0.3) is 5.91 Å². The number of amides is 2. The molecule has 7 heteroatoms. The number of hydrogen-bond donors (Lipinski definition) is 2. The summed E-state index contributed by atoms with van der Waals surface area (Å²) in [4.78, 5) is 31.2. The molecule has 1 aromatic rings. The maximum Gasteiger partial charge on any atom is 0.252 e. The molecule has 0 spiro atoms. The van der Waals surface area contributed by atoms with Gasteiger partial charge in [-0.05, 0) is 51.5 Å². The summed E-state index contributed by atoms with van der Waals surface area (Å²) in [6.45, 7) is 5.60. The van der Waals surface area contributed by atoms with Gasteiger partial charge in [-0.3, -0.25) is 14.5 Å². The smallest absolute Gasteiger partial charge is 0.252 e. The molecular formula is C21H32N4O3. The van der Waals surface area contributed by atoms with Crippen LogP contribution in [-0.2, 0) is 4.79 Å². The van der Waals surface area contributed by atoms with Crippen molar-refractivity contribution in [3.63, 3.8) is 0 Å². The zero-order chi connectivity index (χ0) is 20.1. The molecule has 3 rings (SSSR count). The zero-order valence-corrected chi connectivity index (χ0v) is 17.1. The first kappa shape index (κ1) is 20.6. The highest BCUT2D eigenvalue weighted by Crippen LogP contribution is 2.35. The van der Waals surface area contributed by atoms with Crippen LogP contribution < -0.4 is 15.4 Å². The van der Waals surface area contributed by atoms with Gasteiger partial charge in [-0.15, -0.1) is 0 Å². The van der Waals surface area contributed by atoms with E-state index >= 15 is 0 Å². The van der Waals surface area contributed by atoms with Gasteiger partial charge in [0.1, 0.15) is 0 Å². The van der Waals surface area contributed by atoms with E-state index in [1.165, 1.54) is 19.0 Å². The van der Waals surface area contributed by atoms with E-state index in [2.05, 4.69) is 20.5 Å². The summed E-state index contributed by atoms with van der Waals surface area (Å²) in [5.74, 6) is 1.24. The Balaban J connectivity index is 1.55. The van der Waals surface area contributed by atoms with E-state index in [4.69, 9.17) is 4.74 Å². The number of rotatable bonds is 9. The fourth-order valence-electron chi connectivity index (χ4n) is 3.89. The van der Waals surface area contributed by atoms with Crippen LogP contribution in [-0.4, -0.2) is 60.0 Å². The Morgan fingerprint density at radius 2 is 1.96 bits per heavy atom. The molecular weight excluding hydrogens is 356 g/mol. The van der Waals surface area contributed by atoms with Crippen molar-refractivity contribution >= 4 is 11.8 Å². The van der Waals surface area contributed by atoms with Gasteiger partial charge in [0.2, 0.25) is 11.8 Å². The number of likely N-dealkylation sites (tertiary alicyclic amines) is 1. The predicted octanol–water partition coefficient (Wildman–Crippen LogP) is 1.98. The Bertz CT molecular complexity index is 673. The van der Waals surface area contributed by atoms with Crippen LogP contribution in [0.15, 0.2) is 18.3 Å². The molecule has 0 unspecified atom stereocenters. The van der Waals surface area contributed by atoms with Crippen LogP contribution in [0, 0.1) is 5.92 Å². The first-order chi connectivity index (χ1) is 13.5. The molecule has 2 amide bonds. The molecule has 1 aliphatic heterocycles. The zero-order valence-electron chi connectivity index (χ0n) is 17.1. The Kier molecular flexibility index (Phi) is 6.88. The molecule has 2 aliphatic rings. The Labute approximate surface area is 167 Å². The summed E-state index contributed by atoms with van der Waals surface area (Å²) in [5.41, 5.74) is 0.528. The van der Waals surface area contributed by atoms with Crippen molar-refractivity contribution in [2.75, 3.05) is 20.2 Å². The number of hydrogen-bond acceptors (Lipinski definition) is 5. The summed E-state index contributed by atoms with van der Waals surface area (Å²) in [6.07, 6.45) is 6.63. The van der Waals surface area contributed by atoms with Crippen molar-refractivity contribution in [3.8, 4) is 5.88 Å². The molecule has 1 saturated heterocycles. The molecule has 2 fully saturated rings. The average molecular weight is 389 g/mol. The van der Waals surface area contributed by atoms with Crippen molar-refractivity contribution in [1.82, 2.24) is 20.5 Å². The highest BCUT2D eigenvalue weighted by molar-refractivity contribution is 5.93. The Hall–Kier alpha value is -2.15. The van der Waals surface area contributed by atoms with Crippen molar-refractivity contribution in [1.29, 1.82) is 0 Å². The fraction of sp³-hybridized carbons (Fsp3) is 0.667. The van der Waals surface area contributed by atoms with Gasteiger partial charge in [-0.2, -0.15) is 0 Å². The van der Waals surface area contributed by atoms with Crippen LogP contribution in [0.5, 0.6) is 5.88 Å². The molecule has 7 nitrogen and oxygen atoms in total. The monoisotopic (exact) mass is 388 g/mol. The molecule has 1 aliphatic carbocycles. The minimum absolute atomic E-state index is 0.120. The van der Waals surface area contributed by atoms with E-state index in [0.29, 0.717) is 24.4 Å². The van der Waals surface area contributed by atoms with E-state index < -0.39 is 0 Å². The summed E-state index contributed by atoms with van der Waals surface area (Å²) < 4.78 is 5.03. The lowest BCUT2D eigenvalue weighted by Gasteiger charge is -2.30. The van der Waals surface area contributed by atoms with Crippen molar-refractivity contribution in [3.05, 3.63) is 23.9 Å². The molecule has 2 N–H and O–H groups in total. The Morgan fingerprint density at radius 1 is 1.21 bits per heavy atom. The SMILES string of the molecule is COc1ccc(C(=O)NC[C@@H]2CC[C@H](CC(=O)NC(C)C)N2CC2CC2)cn1. The number of aromatic nitrogens is 1. The van der Waals surface area contributed by atoms with Crippen LogP contribution >= 0.6 is 0 Å². The minimum Gasteiger partial charge on any atom is -0.481 e. The lowest BCUT2D eigenvalue weighted by molar-refractivity contribution is -0.122. The maximum absolute atomic E-state index is 12.4. The van der Waals surface area contributed by atoms with Gasteiger partial charge in [0.15, 0.2) is 0 Å². The third-order valence-electron chi connectivity index (χ3n) is 5.51. The predicted molar refractivity (Wildman–Crippen MR) is 107 cm³/mol. The van der Waals surface area contributed by atoms with Gasteiger partial charge in [-0.1, -0.05) is 0 Å². The number of pyridine rings is 1. The second-order valence-corrected chi connectivity index (χ2v) is 8.25. The lowest BCUT2D eigenvalue weighted by atomic mass is 10.1. The molecule has 0 radical (unpaired) electrons. The third-order valence-corrected chi connectivity index (χ3v) is 5.51. The van der Waals surface area contributed by atoms with E-state index in [1.807, 2.05) is 13.8 Å². The topological polar surface area (TPSA) is 83.6 Å². The normalized spacial score (nSPS) is 22.3. The Morgan fingerprint density at radius 3 is 2.57 bits per heavy atom. The van der Waals surface area contributed by atoms with Crippen molar-refractivity contribution in [2.45, 2.75) is 64.1 Å². The molecule has 2 heterocycles. The van der Waals surface area contributed by atoms with Gasteiger partial charge in [-0.25, -0.2) is 4.98 Å². The van der Waals surface area contributed by atoms with E-state index in [-0.39, 0.29) is 29.9 Å². The number of ether oxygens (including phenoxy) is 1. The fourth-order valence-corrected chi connectivity index (χ4v) is 3.89. The number of carbonyl (C=O) groups is 2. The van der Waals surface area contributed by atoms with Gasteiger partial charge in [0.05, 0.1) is 12.7 Å². The first-order valence-corrected chi connectivity index (χ1v) is 10.3. The largest absolute Gasteiger partial charge is 0.481 e. The van der Waals surface area contributed by atoms with E-state index in [0.717, 1.165) is 25.3 Å². The van der Waals surface area contributed by atoms with Crippen LogP contribution in [0.25, 0.3) is 0 Å². The van der Waals surface area contributed by atoms with Gasteiger partial charge in [0, 0.05) is 49.9 Å². The van der Waals surface area contributed by atoms with E-state index in [1.54, 1.807) is 19.2 Å². The highest BCUT2D eigenvalue weighted by atomic mass is 16.5. The highest BCUT2D eigenvalue weighted by Gasteiger charge is 2.38. The van der Waals surface area contributed by atoms with Crippen LogP contribution in [0.1, 0.15) is 56.3 Å². The second kappa shape index (κ2) is 9.37. The number of nitrogens with one attached hydrogen (secondary N) is 2. The third kappa shape index (κ3) is 5.67. The first-order valence-electron chi connectivity index (χ1n) is 10.3. The molecule has 28 heavy (non-hydrogen) atoms. The molecule has 1 aromatic heterocycles. The number of carbonyl (C=O) groups excluding carboxylic acids is 2. The van der Waals surface area contributed by atoms with Crippen LogP contribution in [0.2, 0.25) is 0 Å². The van der Waals surface area contributed by atoms with Gasteiger partial charge >= 0.3 is 0 Å². The average Bonchev–Trinajstić information content (AvgIpc) is 3.41. The second-order valence-electron chi connectivity index (χ2n) is 8.25. The van der Waals surface area contributed by atoms with Crippen LogP contribution in [0.3, 0.4) is 0 Å². The standard InChI is InChI=1S/C21H32N4O3/c1-14(2)24-19(26)10-17-7-8-18(25(17)13-15-4-5-15)12-23-21(27)16-6-9-20(28-3)22-11-16/h6,9,11,14-15,17-18H,4-5,7-8,10,12-13H2,1-3H3,(H,23,27)(H,24,26)/t17-,18+/m1/s1. The molecule has 0 aromatic carbocycles. The number of nitrogens with zero attached hydrogens (tertiary/aromatic N) is 2. The molecule has 2 atom stereocenters. The molecule has 1 saturated carbocycles. The minimum atomic E-state index is -0.123. The van der Waals surface area contributed by atoms with Crippen molar-refractivity contribution in [2.24, 2.45) is 5.92 Å². The van der Waals surface area contributed by atoms with Crippen LogP contribution in [0.4, 0.5) is 0 Å². The quantitative estimate of drug-likeness (QED) is 0.676. The van der Waals surface area contributed by atoms with E-state index in [9.17, 15) is 9.59 Å². The summed E-state index contributed by atoms with van der Waals surface area (Å²) in [7, 11) is 1.55. The summed E-state index contributed by atoms with van der Waals surface area (Å²) in [6, 6.07) is 4.12.